The molecule has 1 N–H and O–H groups in total. The molecule has 0 radical (unpaired) electrons. The molecule has 0 bridgehead atoms. The third-order valence-corrected chi connectivity index (χ3v) is 7.34. The molecule has 0 aliphatic carbocycles. The van der Waals surface area contributed by atoms with Crippen LogP contribution in [0.2, 0.25) is 0 Å². The number of carbonyl (C=O) groups excluding carboxylic acids is 1. The Morgan fingerprint density at radius 1 is 0.953 bits per heavy atom. The van der Waals surface area contributed by atoms with Crippen molar-refractivity contribution in [3.05, 3.63) is 130 Å². The van der Waals surface area contributed by atoms with E-state index in [4.69, 9.17) is 19.6 Å². The van der Waals surface area contributed by atoms with Crippen LogP contribution in [0.25, 0.3) is 21.6 Å². The lowest BCUT2D eigenvalue weighted by molar-refractivity contribution is -0.137. The zero-order chi connectivity index (χ0) is 30.2. The highest BCUT2D eigenvalue weighted by atomic mass is 16.5. The SMILES string of the molecule is CN(C)C(=O)[C@]1(Cc2ccccc2N=[N+]=[N-])N=C(c2ccc(OCCCO)cc2)O[C@@H]1c1ccc(-c2ccccc2)cc1. The number of hydrogen-bond acceptors (Lipinski definition) is 6. The van der Waals surface area contributed by atoms with E-state index in [1.54, 1.807) is 26.2 Å². The van der Waals surface area contributed by atoms with Crippen molar-refractivity contribution in [3.8, 4) is 16.9 Å². The minimum Gasteiger partial charge on any atom is -0.494 e. The van der Waals surface area contributed by atoms with E-state index in [9.17, 15) is 10.3 Å². The van der Waals surface area contributed by atoms with Crippen molar-refractivity contribution in [2.45, 2.75) is 24.5 Å². The van der Waals surface area contributed by atoms with E-state index in [-0.39, 0.29) is 18.9 Å². The number of benzene rings is 4. The molecule has 0 aromatic heterocycles. The summed E-state index contributed by atoms with van der Waals surface area (Å²) < 4.78 is 12.3. The highest BCUT2D eigenvalue weighted by Crippen LogP contribution is 2.44. The Morgan fingerprint density at radius 3 is 2.28 bits per heavy atom. The fourth-order valence-corrected chi connectivity index (χ4v) is 5.23. The first-order chi connectivity index (χ1) is 20.9. The molecule has 1 heterocycles. The summed E-state index contributed by atoms with van der Waals surface area (Å²) in [4.78, 5) is 23.7. The number of ether oxygens (including phenoxy) is 2. The Balaban J connectivity index is 1.60. The molecule has 2 atom stereocenters. The second-order valence-electron chi connectivity index (χ2n) is 10.5. The van der Waals surface area contributed by atoms with Crippen LogP contribution in [-0.2, 0) is 16.0 Å². The van der Waals surface area contributed by atoms with E-state index >= 15 is 0 Å². The normalized spacial score (nSPS) is 17.4. The monoisotopic (exact) mass is 575 g/mol. The van der Waals surface area contributed by atoms with Crippen molar-refractivity contribution in [3.63, 3.8) is 0 Å². The molecule has 9 heteroatoms. The van der Waals surface area contributed by atoms with E-state index in [1.165, 1.54) is 4.90 Å². The molecule has 218 valence electrons. The van der Waals surface area contributed by atoms with Crippen LogP contribution in [0.3, 0.4) is 0 Å². The maximum atomic E-state index is 14.2. The Kier molecular flexibility index (Phi) is 9.05. The number of likely N-dealkylation sites (N-methyl/N-ethyl adjacent to an activating group) is 1. The number of azide groups is 1. The summed E-state index contributed by atoms with van der Waals surface area (Å²) in [6, 6.07) is 32.6. The average Bonchev–Trinajstić information content (AvgIpc) is 3.43. The van der Waals surface area contributed by atoms with Crippen LogP contribution in [0.5, 0.6) is 5.75 Å². The van der Waals surface area contributed by atoms with Gasteiger partial charge in [-0.2, -0.15) is 0 Å². The Labute approximate surface area is 250 Å². The van der Waals surface area contributed by atoms with Crippen molar-refractivity contribution in [1.29, 1.82) is 0 Å². The molecule has 1 aliphatic heterocycles. The lowest BCUT2D eigenvalue weighted by atomic mass is 9.81. The molecular weight excluding hydrogens is 542 g/mol. The van der Waals surface area contributed by atoms with Gasteiger partial charge in [-0.05, 0) is 52.1 Å². The van der Waals surface area contributed by atoms with Crippen molar-refractivity contribution in [2.75, 3.05) is 27.3 Å². The van der Waals surface area contributed by atoms with Gasteiger partial charge in [0.05, 0.1) is 6.61 Å². The zero-order valence-electron chi connectivity index (χ0n) is 24.1. The molecule has 4 aromatic carbocycles. The first-order valence-electron chi connectivity index (χ1n) is 14.1. The Bertz CT molecular complexity index is 1630. The van der Waals surface area contributed by atoms with E-state index in [2.05, 4.69) is 10.0 Å². The van der Waals surface area contributed by atoms with Crippen LogP contribution in [0.1, 0.15) is 29.2 Å². The summed E-state index contributed by atoms with van der Waals surface area (Å²) >= 11 is 0. The van der Waals surface area contributed by atoms with Gasteiger partial charge in [0.25, 0.3) is 5.91 Å². The first-order valence-corrected chi connectivity index (χ1v) is 14.1. The smallest absolute Gasteiger partial charge is 0.254 e. The van der Waals surface area contributed by atoms with Crippen LogP contribution in [0, 0.1) is 0 Å². The standard InChI is InChI=1S/C34H33N5O4/c1-39(2)33(41)34(23-28-11-6-7-12-30(28)37-38-35)31(26-15-13-25(14-16-26)24-9-4-3-5-10-24)43-32(36-34)27-17-19-29(20-18-27)42-22-8-21-40/h3-7,9-20,31,40H,8,21-23H2,1-2H3/t31-,34-/m1/s1. The van der Waals surface area contributed by atoms with Crippen molar-refractivity contribution < 1.29 is 19.4 Å². The van der Waals surface area contributed by atoms with E-state index in [0.29, 0.717) is 41.5 Å². The highest BCUT2D eigenvalue weighted by Gasteiger charge is 2.54. The summed E-state index contributed by atoms with van der Waals surface area (Å²) in [5.41, 5.74) is 12.5. The van der Waals surface area contributed by atoms with Crippen LogP contribution < -0.4 is 4.74 Å². The molecule has 0 unspecified atom stereocenters. The summed E-state index contributed by atoms with van der Waals surface area (Å²) in [5.74, 6) is 0.748. The lowest BCUT2D eigenvalue weighted by Crippen LogP contribution is -2.49. The number of hydrogen-bond donors (Lipinski definition) is 1. The zero-order valence-corrected chi connectivity index (χ0v) is 24.1. The van der Waals surface area contributed by atoms with Gasteiger partial charge in [-0.3, -0.25) is 4.79 Å². The summed E-state index contributed by atoms with van der Waals surface area (Å²) in [7, 11) is 3.40. The molecule has 0 saturated heterocycles. The van der Waals surface area contributed by atoms with Gasteiger partial charge in [0, 0.05) is 49.7 Å². The topological polar surface area (TPSA) is 120 Å². The van der Waals surface area contributed by atoms with Gasteiger partial charge in [0.15, 0.2) is 11.6 Å². The van der Waals surface area contributed by atoms with Gasteiger partial charge in [-0.15, -0.1) is 0 Å². The molecule has 5 rings (SSSR count). The predicted molar refractivity (Wildman–Crippen MR) is 166 cm³/mol. The second-order valence-corrected chi connectivity index (χ2v) is 10.5. The van der Waals surface area contributed by atoms with Crippen molar-refractivity contribution >= 4 is 17.5 Å². The van der Waals surface area contributed by atoms with Crippen molar-refractivity contribution in [1.82, 2.24) is 4.90 Å². The molecular formula is C34H33N5O4. The van der Waals surface area contributed by atoms with Gasteiger partial charge >= 0.3 is 0 Å². The third kappa shape index (κ3) is 6.38. The molecule has 0 spiro atoms. The second kappa shape index (κ2) is 13.2. The number of aliphatic imine (C=N–C) groups is 1. The number of aliphatic hydroxyl groups excluding tert-OH is 1. The minimum atomic E-state index is -1.38. The number of rotatable bonds is 11. The summed E-state index contributed by atoms with van der Waals surface area (Å²) in [6.07, 6.45) is -0.0767. The molecule has 0 fully saturated rings. The van der Waals surface area contributed by atoms with Crippen LogP contribution in [0.15, 0.2) is 113 Å². The van der Waals surface area contributed by atoms with E-state index in [0.717, 1.165) is 16.7 Å². The fourth-order valence-electron chi connectivity index (χ4n) is 5.23. The largest absolute Gasteiger partial charge is 0.494 e. The maximum absolute atomic E-state index is 14.2. The van der Waals surface area contributed by atoms with Gasteiger partial charge in [-0.1, -0.05) is 84.0 Å². The van der Waals surface area contributed by atoms with Crippen LogP contribution in [0.4, 0.5) is 5.69 Å². The minimum absolute atomic E-state index is 0.0568. The first kappa shape index (κ1) is 29.4. The number of nitrogens with zero attached hydrogens (tertiary/aromatic N) is 5. The van der Waals surface area contributed by atoms with E-state index < -0.39 is 11.6 Å². The third-order valence-electron chi connectivity index (χ3n) is 7.34. The van der Waals surface area contributed by atoms with Gasteiger partial charge in [0.2, 0.25) is 5.90 Å². The van der Waals surface area contributed by atoms with Gasteiger partial charge < -0.3 is 19.5 Å². The quantitative estimate of drug-likeness (QED) is 0.0932. The molecule has 43 heavy (non-hydrogen) atoms. The molecule has 9 nitrogen and oxygen atoms in total. The fraction of sp³-hybridized carbons (Fsp3) is 0.235. The Hall–Kier alpha value is -5.11. The van der Waals surface area contributed by atoms with Gasteiger partial charge in [-0.25, -0.2) is 4.99 Å². The Morgan fingerprint density at radius 2 is 1.60 bits per heavy atom. The predicted octanol–water partition coefficient (Wildman–Crippen LogP) is 6.64. The average molecular weight is 576 g/mol. The van der Waals surface area contributed by atoms with Crippen LogP contribution in [-0.4, -0.2) is 54.7 Å². The van der Waals surface area contributed by atoms with Crippen LogP contribution >= 0.6 is 0 Å². The number of aliphatic hydroxyl groups is 1. The van der Waals surface area contributed by atoms with Crippen molar-refractivity contribution in [2.24, 2.45) is 10.1 Å². The maximum Gasteiger partial charge on any atom is 0.254 e. The van der Waals surface area contributed by atoms with E-state index in [1.807, 2.05) is 91.0 Å². The molecule has 1 aliphatic rings. The molecule has 1 amide bonds. The summed E-state index contributed by atoms with van der Waals surface area (Å²) in [6.45, 7) is 0.459. The lowest BCUT2D eigenvalue weighted by Gasteiger charge is -2.33. The highest BCUT2D eigenvalue weighted by molar-refractivity contribution is 6.01. The number of amides is 1. The number of carbonyl (C=O) groups is 1. The van der Waals surface area contributed by atoms with Gasteiger partial charge in [0.1, 0.15) is 5.75 Å². The molecule has 0 saturated carbocycles. The summed E-state index contributed by atoms with van der Waals surface area (Å²) in [5, 5.41) is 12.9. The molecule has 4 aromatic rings.